The molecular weight excluding hydrogens is 256 g/mol. The van der Waals surface area contributed by atoms with Crippen molar-refractivity contribution < 1.29 is 17.9 Å². The van der Waals surface area contributed by atoms with Gasteiger partial charge in [0.25, 0.3) is 0 Å². The summed E-state index contributed by atoms with van der Waals surface area (Å²) in [6.45, 7) is 0.468. The molecule has 0 atom stereocenters. The summed E-state index contributed by atoms with van der Waals surface area (Å²) in [7, 11) is -0.156. The van der Waals surface area contributed by atoms with Crippen LogP contribution in [0.25, 0.3) is 0 Å². The highest BCUT2D eigenvalue weighted by atomic mass is 32.2. The minimum absolute atomic E-state index is 0.350. The van der Waals surface area contributed by atoms with E-state index in [1.165, 1.54) is 0 Å². The standard InChI is InChI=1S/C11H18N2O4S/c1-16-11(17-2)8-12-9-5-4-6-10(7-9)13-18(3,14)15/h4-7,11-13H,8H2,1-3H3. The summed E-state index contributed by atoms with van der Waals surface area (Å²) < 4.78 is 34.7. The molecule has 1 rings (SSSR count). The van der Waals surface area contributed by atoms with Crippen LogP contribution in [0.5, 0.6) is 0 Å². The lowest BCUT2D eigenvalue weighted by Crippen LogP contribution is -2.23. The maximum absolute atomic E-state index is 11.1. The molecule has 2 N–H and O–H groups in total. The van der Waals surface area contributed by atoms with Crippen LogP contribution < -0.4 is 10.0 Å². The van der Waals surface area contributed by atoms with Crippen molar-refractivity contribution in [1.82, 2.24) is 0 Å². The first-order valence-electron chi connectivity index (χ1n) is 5.32. The highest BCUT2D eigenvalue weighted by molar-refractivity contribution is 7.92. The summed E-state index contributed by atoms with van der Waals surface area (Å²) in [5.74, 6) is 0. The number of nitrogens with one attached hydrogen (secondary N) is 2. The van der Waals surface area contributed by atoms with Gasteiger partial charge in [-0.2, -0.15) is 0 Å². The van der Waals surface area contributed by atoms with Crippen LogP contribution in [0.3, 0.4) is 0 Å². The molecule has 1 aromatic rings. The molecule has 0 fully saturated rings. The Bertz CT molecular complexity index is 472. The second kappa shape index (κ2) is 6.58. The monoisotopic (exact) mass is 274 g/mol. The van der Waals surface area contributed by atoms with Crippen LogP contribution in [0.15, 0.2) is 24.3 Å². The summed E-state index contributed by atoms with van der Waals surface area (Å²) in [6.07, 6.45) is 0.760. The van der Waals surface area contributed by atoms with E-state index in [1.807, 2.05) is 6.07 Å². The van der Waals surface area contributed by atoms with Crippen molar-refractivity contribution in [1.29, 1.82) is 0 Å². The minimum Gasteiger partial charge on any atom is -0.380 e. The van der Waals surface area contributed by atoms with Crippen LogP contribution in [0.4, 0.5) is 11.4 Å². The first-order chi connectivity index (χ1) is 8.44. The maximum Gasteiger partial charge on any atom is 0.229 e. The van der Waals surface area contributed by atoms with Gasteiger partial charge in [-0.05, 0) is 18.2 Å². The number of ether oxygens (including phenoxy) is 2. The highest BCUT2D eigenvalue weighted by Crippen LogP contribution is 2.16. The normalized spacial score (nSPS) is 11.6. The Morgan fingerprint density at radius 2 is 1.83 bits per heavy atom. The Kier molecular flexibility index (Phi) is 5.39. The second-order valence-electron chi connectivity index (χ2n) is 3.74. The van der Waals surface area contributed by atoms with Gasteiger partial charge in [-0.3, -0.25) is 4.72 Å². The molecule has 0 spiro atoms. The summed E-state index contributed by atoms with van der Waals surface area (Å²) in [6, 6.07) is 6.96. The molecule has 102 valence electrons. The first kappa shape index (κ1) is 14.7. The van der Waals surface area contributed by atoms with Gasteiger partial charge in [0.2, 0.25) is 10.0 Å². The molecule has 0 aliphatic heterocycles. The third-order valence-electron chi connectivity index (χ3n) is 2.16. The van der Waals surface area contributed by atoms with Gasteiger partial charge in [0.15, 0.2) is 6.29 Å². The first-order valence-corrected chi connectivity index (χ1v) is 7.21. The van der Waals surface area contributed by atoms with Gasteiger partial charge in [0.05, 0.1) is 18.5 Å². The van der Waals surface area contributed by atoms with Gasteiger partial charge < -0.3 is 14.8 Å². The van der Waals surface area contributed by atoms with Crippen LogP contribution in [-0.2, 0) is 19.5 Å². The van der Waals surface area contributed by atoms with Crippen molar-refractivity contribution in [2.24, 2.45) is 0 Å². The van der Waals surface area contributed by atoms with Gasteiger partial charge in [-0.15, -0.1) is 0 Å². The van der Waals surface area contributed by atoms with Crippen LogP contribution in [0.1, 0.15) is 0 Å². The van der Waals surface area contributed by atoms with Crippen LogP contribution in [0.2, 0.25) is 0 Å². The third-order valence-corrected chi connectivity index (χ3v) is 2.77. The predicted molar refractivity (Wildman–Crippen MR) is 71.2 cm³/mol. The second-order valence-corrected chi connectivity index (χ2v) is 5.49. The molecule has 7 heteroatoms. The lowest BCUT2D eigenvalue weighted by Gasteiger charge is -2.15. The molecule has 0 saturated carbocycles. The van der Waals surface area contributed by atoms with Crippen LogP contribution in [0, 0.1) is 0 Å². The Morgan fingerprint density at radius 3 is 2.39 bits per heavy atom. The largest absolute Gasteiger partial charge is 0.380 e. The van der Waals surface area contributed by atoms with E-state index in [0.29, 0.717) is 12.2 Å². The number of hydrogen-bond donors (Lipinski definition) is 2. The zero-order chi connectivity index (χ0) is 13.6. The Morgan fingerprint density at radius 1 is 1.22 bits per heavy atom. The summed E-state index contributed by atoms with van der Waals surface area (Å²) in [5, 5.41) is 3.09. The van der Waals surface area contributed by atoms with Crippen LogP contribution in [-0.4, -0.2) is 41.7 Å². The fourth-order valence-electron chi connectivity index (χ4n) is 1.37. The lowest BCUT2D eigenvalue weighted by atomic mass is 10.3. The predicted octanol–water partition coefficient (Wildman–Crippen LogP) is 1.09. The molecule has 0 aromatic heterocycles. The molecular formula is C11H18N2O4S. The van der Waals surface area contributed by atoms with Crippen molar-refractivity contribution in [3.8, 4) is 0 Å². The molecule has 0 amide bonds. The summed E-state index contributed by atoms with van der Waals surface area (Å²) in [4.78, 5) is 0. The fourth-order valence-corrected chi connectivity index (χ4v) is 1.93. The van der Waals surface area contributed by atoms with Crippen molar-refractivity contribution in [3.05, 3.63) is 24.3 Å². The number of hydrogen-bond acceptors (Lipinski definition) is 5. The molecule has 18 heavy (non-hydrogen) atoms. The van der Waals surface area contributed by atoms with Gasteiger partial charge >= 0.3 is 0 Å². The molecule has 1 aromatic carbocycles. The van der Waals surface area contributed by atoms with E-state index >= 15 is 0 Å². The number of sulfonamides is 1. The molecule has 0 heterocycles. The zero-order valence-electron chi connectivity index (χ0n) is 10.6. The van der Waals surface area contributed by atoms with E-state index in [2.05, 4.69) is 10.0 Å². The number of rotatable bonds is 7. The number of methoxy groups -OCH3 is 2. The quantitative estimate of drug-likeness (QED) is 0.728. The van der Waals surface area contributed by atoms with Crippen molar-refractivity contribution in [3.63, 3.8) is 0 Å². The highest BCUT2D eigenvalue weighted by Gasteiger charge is 2.05. The Balaban J connectivity index is 2.65. The van der Waals surface area contributed by atoms with Gasteiger partial charge in [0.1, 0.15) is 0 Å². The van der Waals surface area contributed by atoms with E-state index in [0.717, 1.165) is 11.9 Å². The van der Waals surface area contributed by atoms with Gasteiger partial charge in [-0.1, -0.05) is 6.07 Å². The van der Waals surface area contributed by atoms with Gasteiger partial charge in [0, 0.05) is 19.9 Å². The Hall–Kier alpha value is -1.31. The Labute approximate surface area is 107 Å². The molecule has 0 unspecified atom stereocenters. The fraction of sp³-hybridized carbons (Fsp3) is 0.455. The summed E-state index contributed by atoms with van der Waals surface area (Å²) in [5.41, 5.74) is 1.29. The zero-order valence-corrected chi connectivity index (χ0v) is 11.5. The van der Waals surface area contributed by atoms with E-state index in [4.69, 9.17) is 9.47 Å². The average molecular weight is 274 g/mol. The van der Waals surface area contributed by atoms with Crippen LogP contribution >= 0.6 is 0 Å². The maximum atomic E-state index is 11.1. The minimum atomic E-state index is -3.26. The van der Waals surface area contributed by atoms with E-state index < -0.39 is 10.0 Å². The number of benzene rings is 1. The van der Waals surface area contributed by atoms with E-state index in [9.17, 15) is 8.42 Å². The smallest absolute Gasteiger partial charge is 0.229 e. The molecule has 0 aliphatic carbocycles. The lowest BCUT2D eigenvalue weighted by molar-refractivity contribution is -0.0914. The molecule has 0 saturated heterocycles. The van der Waals surface area contributed by atoms with E-state index in [-0.39, 0.29) is 6.29 Å². The van der Waals surface area contributed by atoms with E-state index in [1.54, 1.807) is 32.4 Å². The topological polar surface area (TPSA) is 76.7 Å². The van der Waals surface area contributed by atoms with Crippen molar-refractivity contribution in [2.45, 2.75) is 6.29 Å². The van der Waals surface area contributed by atoms with Crippen molar-refractivity contribution in [2.75, 3.05) is 37.1 Å². The molecule has 0 bridgehead atoms. The molecule has 0 radical (unpaired) electrons. The third kappa shape index (κ3) is 5.35. The molecule has 0 aliphatic rings. The SMILES string of the molecule is COC(CNc1cccc(NS(C)(=O)=O)c1)OC. The number of anilines is 2. The van der Waals surface area contributed by atoms with Gasteiger partial charge in [-0.25, -0.2) is 8.42 Å². The molecule has 6 nitrogen and oxygen atoms in total. The summed E-state index contributed by atoms with van der Waals surface area (Å²) >= 11 is 0. The average Bonchev–Trinajstić information content (AvgIpc) is 2.28. The van der Waals surface area contributed by atoms with Crippen molar-refractivity contribution >= 4 is 21.4 Å².